The van der Waals surface area contributed by atoms with Gasteiger partial charge in [-0.1, -0.05) is 11.6 Å². The number of hydrogen-bond donors (Lipinski definition) is 0. The van der Waals surface area contributed by atoms with Gasteiger partial charge in [0.15, 0.2) is 0 Å². The van der Waals surface area contributed by atoms with Gasteiger partial charge in [-0.2, -0.15) is 0 Å². The molecular weight excluding hydrogens is 200 g/mol. The molecule has 0 aromatic carbocycles. The second kappa shape index (κ2) is 3.96. The maximum absolute atomic E-state index is 11.8. The summed E-state index contributed by atoms with van der Waals surface area (Å²) in [5, 5.41) is 0.509. The van der Waals surface area contributed by atoms with Crippen molar-refractivity contribution < 1.29 is 4.79 Å². The summed E-state index contributed by atoms with van der Waals surface area (Å²) < 4.78 is 0. The number of carbonyl (C=O) groups excluding carboxylic acids is 1. The third kappa shape index (κ3) is 1.87. The topological polar surface area (TPSA) is 33.2 Å². The zero-order valence-corrected chi connectivity index (χ0v) is 8.50. The Bertz CT molecular complexity index is 348. The summed E-state index contributed by atoms with van der Waals surface area (Å²) in [6.07, 6.45) is 5.29. The van der Waals surface area contributed by atoms with E-state index in [9.17, 15) is 4.79 Å². The predicted molar refractivity (Wildman–Crippen MR) is 54.4 cm³/mol. The lowest BCUT2D eigenvalue weighted by molar-refractivity contribution is 0.0792. The molecule has 1 aliphatic rings. The zero-order chi connectivity index (χ0) is 9.97. The van der Waals surface area contributed by atoms with Gasteiger partial charge >= 0.3 is 0 Å². The molecule has 2 heterocycles. The Hall–Kier alpha value is -1.09. The van der Waals surface area contributed by atoms with Crippen molar-refractivity contribution in [2.24, 2.45) is 0 Å². The molecule has 0 saturated carbocycles. The Labute approximate surface area is 87.7 Å². The molecule has 0 atom stereocenters. The maximum Gasteiger partial charge on any atom is 0.255 e. The SMILES string of the molecule is O=C(c1cncc(Cl)c1)N1CCCC1. The molecule has 1 fully saturated rings. The van der Waals surface area contributed by atoms with Crippen molar-refractivity contribution in [1.82, 2.24) is 9.88 Å². The van der Waals surface area contributed by atoms with Crippen molar-refractivity contribution in [3.8, 4) is 0 Å². The van der Waals surface area contributed by atoms with Crippen LogP contribution >= 0.6 is 11.6 Å². The standard InChI is InChI=1S/C10H11ClN2O/c11-9-5-8(6-12-7-9)10(14)13-3-1-2-4-13/h5-7H,1-4H2. The van der Waals surface area contributed by atoms with Gasteiger partial charge in [-0.25, -0.2) is 0 Å². The summed E-state index contributed by atoms with van der Waals surface area (Å²) in [5.41, 5.74) is 0.583. The maximum atomic E-state index is 11.8. The van der Waals surface area contributed by atoms with E-state index in [2.05, 4.69) is 4.98 Å². The molecule has 1 aliphatic heterocycles. The molecular formula is C10H11ClN2O. The average molecular weight is 211 g/mol. The van der Waals surface area contributed by atoms with Gasteiger partial charge in [0.1, 0.15) is 0 Å². The van der Waals surface area contributed by atoms with Crippen molar-refractivity contribution in [1.29, 1.82) is 0 Å². The minimum atomic E-state index is 0.0394. The molecule has 74 valence electrons. The molecule has 14 heavy (non-hydrogen) atoms. The van der Waals surface area contributed by atoms with E-state index in [0.717, 1.165) is 25.9 Å². The lowest BCUT2D eigenvalue weighted by Crippen LogP contribution is -2.27. The fourth-order valence-electron chi connectivity index (χ4n) is 1.63. The number of nitrogens with zero attached hydrogens (tertiary/aromatic N) is 2. The third-order valence-electron chi connectivity index (χ3n) is 2.35. The van der Waals surface area contributed by atoms with Crippen molar-refractivity contribution in [3.05, 3.63) is 29.0 Å². The minimum absolute atomic E-state index is 0.0394. The van der Waals surface area contributed by atoms with E-state index in [1.165, 1.54) is 6.20 Å². The average Bonchev–Trinajstić information content (AvgIpc) is 2.69. The number of hydrogen-bond acceptors (Lipinski definition) is 2. The Morgan fingerprint density at radius 2 is 2.07 bits per heavy atom. The number of pyridine rings is 1. The van der Waals surface area contributed by atoms with Crippen LogP contribution in [0.4, 0.5) is 0 Å². The first-order valence-electron chi connectivity index (χ1n) is 4.67. The van der Waals surface area contributed by atoms with Crippen molar-refractivity contribution in [2.75, 3.05) is 13.1 Å². The van der Waals surface area contributed by atoms with E-state index >= 15 is 0 Å². The highest BCUT2D eigenvalue weighted by Crippen LogP contribution is 2.14. The van der Waals surface area contributed by atoms with E-state index in [0.29, 0.717) is 10.6 Å². The molecule has 0 radical (unpaired) electrons. The Balaban J connectivity index is 2.17. The predicted octanol–water partition coefficient (Wildman–Crippen LogP) is 1.97. The van der Waals surface area contributed by atoms with Gasteiger partial charge in [-0.3, -0.25) is 9.78 Å². The number of amides is 1. The Kier molecular flexibility index (Phi) is 2.68. The van der Waals surface area contributed by atoms with Crippen LogP contribution in [0.3, 0.4) is 0 Å². The molecule has 1 amide bonds. The smallest absolute Gasteiger partial charge is 0.255 e. The number of rotatable bonds is 1. The molecule has 0 spiro atoms. The molecule has 2 rings (SSSR count). The first kappa shape index (κ1) is 9.46. The summed E-state index contributed by atoms with van der Waals surface area (Å²) in [7, 11) is 0. The third-order valence-corrected chi connectivity index (χ3v) is 2.55. The van der Waals surface area contributed by atoms with Gasteiger partial charge in [0.2, 0.25) is 0 Å². The van der Waals surface area contributed by atoms with E-state index in [4.69, 9.17) is 11.6 Å². The lowest BCUT2D eigenvalue weighted by Gasteiger charge is -2.14. The number of likely N-dealkylation sites (tertiary alicyclic amines) is 1. The highest BCUT2D eigenvalue weighted by atomic mass is 35.5. The van der Waals surface area contributed by atoms with E-state index < -0.39 is 0 Å². The number of carbonyl (C=O) groups is 1. The second-order valence-electron chi connectivity index (χ2n) is 3.39. The summed E-state index contributed by atoms with van der Waals surface area (Å²) in [6.45, 7) is 1.71. The molecule has 4 heteroatoms. The highest BCUT2D eigenvalue weighted by Gasteiger charge is 2.19. The Morgan fingerprint density at radius 3 is 2.71 bits per heavy atom. The van der Waals surface area contributed by atoms with Crippen LogP contribution in [-0.2, 0) is 0 Å². The van der Waals surface area contributed by atoms with Crippen LogP contribution in [0.15, 0.2) is 18.5 Å². The summed E-state index contributed by atoms with van der Waals surface area (Å²) in [5.74, 6) is 0.0394. The summed E-state index contributed by atoms with van der Waals surface area (Å²) >= 11 is 5.76. The van der Waals surface area contributed by atoms with Gasteiger partial charge in [0.05, 0.1) is 10.6 Å². The van der Waals surface area contributed by atoms with Gasteiger partial charge < -0.3 is 4.90 Å². The van der Waals surface area contributed by atoms with E-state index in [-0.39, 0.29) is 5.91 Å². The summed E-state index contributed by atoms with van der Waals surface area (Å²) in [4.78, 5) is 17.6. The van der Waals surface area contributed by atoms with Crippen LogP contribution in [0.2, 0.25) is 5.02 Å². The Morgan fingerprint density at radius 1 is 1.36 bits per heavy atom. The van der Waals surface area contributed by atoms with E-state index in [1.54, 1.807) is 12.3 Å². The molecule has 1 aromatic rings. The van der Waals surface area contributed by atoms with Gasteiger partial charge in [0, 0.05) is 25.5 Å². The van der Waals surface area contributed by atoms with Crippen LogP contribution < -0.4 is 0 Å². The first-order chi connectivity index (χ1) is 6.77. The monoisotopic (exact) mass is 210 g/mol. The van der Waals surface area contributed by atoms with Gasteiger partial charge in [-0.05, 0) is 18.9 Å². The highest BCUT2D eigenvalue weighted by molar-refractivity contribution is 6.30. The fraction of sp³-hybridized carbons (Fsp3) is 0.400. The quantitative estimate of drug-likeness (QED) is 0.710. The number of aromatic nitrogens is 1. The van der Waals surface area contributed by atoms with Gasteiger partial charge in [-0.15, -0.1) is 0 Å². The normalized spacial score (nSPS) is 15.9. The van der Waals surface area contributed by atoms with Crippen LogP contribution in [0, 0.1) is 0 Å². The molecule has 0 N–H and O–H groups in total. The first-order valence-corrected chi connectivity index (χ1v) is 5.05. The van der Waals surface area contributed by atoms with Crippen molar-refractivity contribution >= 4 is 17.5 Å². The van der Waals surface area contributed by atoms with Crippen LogP contribution in [0.1, 0.15) is 23.2 Å². The molecule has 1 aromatic heterocycles. The van der Waals surface area contributed by atoms with Crippen LogP contribution in [0.25, 0.3) is 0 Å². The molecule has 3 nitrogen and oxygen atoms in total. The van der Waals surface area contributed by atoms with Crippen LogP contribution in [-0.4, -0.2) is 28.9 Å². The molecule has 1 saturated heterocycles. The van der Waals surface area contributed by atoms with Crippen LogP contribution in [0.5, 0.6) is 0 Å². The van der Waals surface area contributed by atoms with Gasteiger partial charge in [0.25, 0.3) is 5.91 Å². The zero-order valence-electron chi connectivity index (χ0n) is 7.74. The lowest BCUT2D eigenvalue weighted by atomic mass is 10.2. The van der Waals surface area contributed by atoms with Crippen molar-refractivity contribution in [3.63, 3.8) is 0 Å². The fourth-order valence-corrected chi connectivity index (χ4v) is 1.81. The minimum Gasteiger partial charge on any atom is -0.339 e. The van der Waals surface area contributed by atoms with Crippen molar-refractivity contribution in [2.45, 2.75) is 12.8 Å². The summed E-state index contributed by atoms with van der Waals surface area (Å²) in [6, 6.07) is 1.66. The second-order valence-corrected chi connectivity index (χ2v) is 3.83. The molecule has 0 aliphatic carbocycles. The largest absolute Gasteiger partial charge is 0.339 e. The van der Waals surface area contributed by atoms with E-state index in [1.807, 2.05) is 4.90 Å². The molecule has 0 unspecified atom stereocenters. The number of halogens is 1. The molecule has 0 bridgehead atoms.